The van der Waals surface area contributed by atoms with Gasteiger partial charge in [0.15, 0.2) is 22.3 Å². The zero-order valence-corrected chi connectivity index (χ0v) is 15.3. The van der Waals surface area contributed by atoms with Crippen LogP contribution in [0.25, 0.3) is 28.3 Å². The Bertz CT molecular complexity index is 1500. The van der Waals surface area contributed by atoms with E-state index in [4.69, 9.17) is 0 Å². The van der Waals surface area contributed by atoms with Gasteiger partial charge >= 0.3 is 11.4 Å². The first kappa shape index (κ1) is 16.8. The lowest BCUT2D eigenvalue weighted by molar-refractivity contribution is 0.704. The average molecular weight is 372 g/mol. The van der Waals surface area contributed by atoms with E-state index in [1.807, 2.05) is 0 Å². The molecular formula is C15H16N8O4. The van der Waals surface area contributed by atoms with Gasteiger partial charge in [-0.25, -0.2) is 14.6 Å². The summed E-state index contributed by atoms with van der Waals surface area (Å²) in [6, 6.07) is 0. The highest BCUT2D eigenvalue weighted by Gasteiger charge is 2.23. The molecule has 0 N–H and O–H groups in total. The molecule has 140 valence electrons. The monoisotopic (exact) mass is 372 g/mol. The van der Waals surface area contributed by atoms with Crippen LogP contribution in [0.5, 0.6) is 0 Å². The van der Waals surface area contributed by atoms with Crippen LogP contribution in [0.3, 0.4) is 0 Å². The van der Waals surface area contributed by atoms with E-state index < -0.39 is 22.5 Å². The standard InChI is InChI=1S/C15H16N8O4/c1-18-6-16-9-7(18)12(25)23(15(27)20(9)3)13-17-10-8(19(13)2)11(24)22(5)14(26)21(10)4/h6H,1-5H3. The van der Waals surface area contributed by atoms with Crippen LogP contribution in [-0.2, 0) is 35.2 Å². The Morgan fingerprint density at radius 2 is 1.33 bits per heavy atom. The second-order valence-corrected chi connectivity index (χ2v) is 6.36. The van der Waals surface area contributed by atoms with Gasteiger partial charge in [0.2, 0.25) is 5.95 Å². The minimum Gasteiger partial charge on any atom is -0.328 e. The Labute approximate surface area is 149 Å². The van der Waals surface area contributed by atoms with Crippen molar-refractivity contribution in [2.75, 3.05) is 0 Å². The molecule has 0 spiro atoms. The summed E-state index contributed by atoms with van der Waals surface area (Å²) in [6.45, 7) is 0. The Kier molecular flexibility index (Phi) is 3.20. The Hall–Kier alpha value is -3.70. The molecule has 0 aliphatic carbocycles. The second kappa shape index (κ2) is 5.16. The van der Waals surface area contributed by atoms with E-state index in [1.54, 1.807) is 7.05 Å². The zero-order chi connectivity index (χ0) is 19.8. The quantitative estimate of drug-likeness (QED) is 0.370. The minimum absolute atomic E-state index is 0.0583. The van der Waals surface area contributed by atoms with E-state index in [-0.39, 0.29) is 28.3 Å². The van der Waals surface area contributed by atoms with Crippen molar-refractivity contribution in [3.05, 3.63) is 48.0 Å². The van der Waals surface area contributed by atoms with E-state index in [2.05, 4.69) is 9.97 Å². The maximum Gasteiger partial charge on any atom is 0.339 e. The molecule has 4 heterocycles. The molecule has 4 aromatic heterocycles. The van der Waals surface area contributed by atoms with Crippen LogP contribution in [0.4, 0.5) is 0 Å². The first-order valence-electron chi connectivity index (χ1n) is 7.92. The Balaban J connectivity index is 2.26. The van der Waals surface area contributed by atoms with Gasteiger partial charge in [-0.1, -0.05) is 0 Å². The van der Waals surface area contributed by atoms with Crippen molar-refractivity contribution in [2.24, 2.45) is 35.2 Å². The Morgan fingerprint density at radius 1 is 0.704 bits per heavy atom. The van der Waals surface area contributed by atoms with Gasteiger partial charge in [-0.05, 0) is 0 Å². The number of rotatable bonds is 1. The third kappa shape index (κ3) is 1.91. The van der Waals surface area contributed by atoms with Gasteiger partial charge in [0.1, 0.15) is 0 Å². The number of aromatic nitrogens is 8. The fraction of sp³-hybridized carbons (Fsp3) is 0.333. The van der Waals surface area contributed by atoms with Gasteiger partial charge in [-0.15, -0.1) is 0 Å². The summed E-state index contributed by atoms with van der Waals surface area (Å²) in [6.07, 6.45) is 1.43. The summed E-state index contributed by atoms with van der Waals surface area (Å²) in [5, 5.41) is 0. The number of hydrogen-bond donors (Lipinski definition) is 0. The third-order valence-corrected chi connectivity index (χ3v) is 4.77. The van der Waals surface area contributed by atoms with Gasteiger partial charge in [0.25, 0.3) is 11.1 Å². The van der Waals surface area contributed by atoms with Gasteiger partial charge in [-0.3, -0.25) is 23.3 Å². The van der Waals surface area contributed by atoms with Gasteiger partial charge in [0, 0.05) is 35.2 Å². The van der Waals surface area contributed by atoms with Gasteiger partial charge < -0.3 is 9.13 Å². The van der Waals surface area contributed by atoms with Crippen LogP contribution in [0.15, 0.2) is 25.5 Å². The molecule has 0 bridgehead atoms. The van der Waals surface area contributed by atoms with Gasteiger partial charge in [0.05, 0.1) is 6.33 Å². The fourth-order valence-corrected chi connectivity index (χ4v) is 3.23. The fourth-order valence-electron chi connectivity index (χ4n) is 3.23. The molecule has 0 fully saturated rings. The molecule has 0 aliphatic heterocycles. The molecule has 0 unspecified atom stereocenters. The second-order valence-electron chi connectivity index (χ2n) is 6.36. The maximum absolute atomic E-state index is 13.0. The summed E-state index contributed by atoms with van der Waals surface area (Å²) in [5.74, 6) is -0.0583. The van der Waals surface area contributed by atoms with Crippen molar-refractivity contribution in [1.82, 2.24) is 37.4 Å². The molecule has 4 aromatic rings. The van der Waals surface area contributed by atoms with Crippen molar-refractivity contribution in [2.45, 2.75) is 0 Å². The predicted molar refractivity (Wildman–Crippen MR) is 96.3 cm³/mol. The number of aryl methyl sites for hydroxylation is 4. The first-order valence-corrected chi connectivity index (χ1v) is 7.92. The summed E-state index contributed by atoms with van der Waals surface area (Å²) >= 11 is 0. The normalized spacial score (nSPS) is 11.7. The molecule has 0 aliphatic rings. The van der Waals surface area contributed by atoms with Crippen LogP contribution in [-0.4, -0.2) is 37.4 Å². The zero-order valence-electron chi connectivity index (χ0n) is 15.3. The Morgan fingerprint density at radius 3 is 2.00 bits per heavy atom. The predicted octanol–water partition coefficient (Wildman–Crippen LogP) is -2.29. The van der Waals surface area contributed by atoms with Crippen LogP contribution in [0.1, 0.15) is 0 Å². The maximum atomic E-state index is 13.0. The molecule has 4 rings (SSSR count). The highest BCUT2D eigenvalue weighted by molar-refractivity contribution is 5.73. The minimum atomic E-state index is -0.661. The van der Waals surface area contributed by atoms with E-state index >= 15 is 0 Å². The third-order valence-electron chi connectivity index (χ3n) is 4.77. The highest BCUT2D eigenvalue weighted by Crippen LogP contribution is 2.12. The topological polar surface area (TPSA) is 124 Å². The molecule has 0 radical (unpaired) electrons. The van der Waals surface area contributed by atoms with Crippen LogP contribution in [0, 0.1) is 0 Å². The molecule has 12 heteroatoms. The van der Waals surface area contributed by atoms with Crippen molar-refractivity contribution in [3.63, 3.8) is 0 Å². The van der Waals surface area contributed by atoms with Gasteiger partial charge in [-0.2, -0.15) is 9.55 Å². The summed E-state index contributed by atoms with van der Waals surface area (Å²) in [5.41, 5.74) is -1.76. The van der Waals surface area contributed by atoms with Crippen LogP contribution < -0.4 is 22.5 Å². The molecular weight excluding hydrogens is 356 g/mol. The molecule has 0 saturated carbocycles. The van der Waals surface area contributed by atoms with E-state index in [1.165, 1.54) is 52.8 Å². The van der Waals surface area contributed by atoms with Crippen LogP contribution in [0.2, 0.25) is 0 Å². The van der Waals surface area contributed by atoms with E-state index in [0.717, 1.165) is 9.13 Å². The smallest absolute Gasteiger partial charge is 0.328 e. The lowest BCUT2D eigenvalue weighted by Crippen LogP contribution is -2.40. The lowest BCUT2D eigenvalue weighted by Gasteiger charge is -2.08. The van der Waals surface area contributed by atoms with Crippen molar-refractivity contribution in [3.8, 4) is 5.95 Å². The van der Waals surface area contributed by atoms with E-state index in [9.17, 15) is 19.2 Å². The summed E-state index contributed by atoms with van der Waals surface area (Å²) in [4.78, 5) is 58.9. The molecule has 12 nitrogen and oxygen atoms in total. The molecule has 0 saturated heterocycles. The molecule has 27 heavy (non-hydrogen) atoms. The van der Waals surface area contributed by atoms with Crippen molar-refractivity contribution >= 4 is 22.3 Å². The average Bonchev–Trinajstić information content (AvgIpc) is 3.18. The number of fused-ring (bicyclic) bond motifs is 2. The van der Waals surface area contributed by atoms with Crippen molar-refractivity contribution < 1.29 is 0 Å². The highest BCUT2D eigenvalue weighted by atomic mass is 16.2. The molecule has 0 atom stereocenters. The largest absolute Gasteiger partial charge is 0.339 e. The number of imidazole rings is 2. The SMILES string of the molecule is Cn1c(=O)c2c(nc(-n3c(=O)c4c(ncn4C)n(C)c3=O)n2C)n(C)c1=O. The number of nitrogens with zero attached hydrogens (tertiary/aromatic N) is 8. The molecule has 0 aromatic carbocycles. The summed E-state index contributed by atoms with van der Waals surface area (Å²) in [7, 11) is 7.45. The lowest BCUT2D eigenvalue weighted by atomic mass is 10.5. The number of hydrogen-bond acceptors (Lipinski definition) is 6. The van der Waals surface area contributed by atoms with Crippen LogP contribution >= 0.6 is 0 Å². The van der Waals surface area contributed by atoms with Crippen molar-refractivity contribution in [1.29, 1.82) is 0 Å². The molecule has 0 amide bonds. The first-order chi connectivity index (χ1) is 12.7. The van der Waals surface area contributed by atoms with E-state index in [0.29, 0.717) is 0 Å². The summed E-state index contributed by atoms with van der Waals surface area (Å²) < 4.78 is 7.08.